The smallest absolute Gasteiger partial charge is 0.103 e. The van der Waals surface area contributed by atoms with Crippen molar-refractivity contribution in [3.05, 3.63) is 40.2 Å². The summed E-state index contributed by atoms with van der Waals surface area (Å²) in [6.45, 7) is 7.46. The van der Waals surface area contributed by atoms with Crippen molar-refractivity contribution in [1.82, 2.24) is 10.3 Å². The Morgan fingerprint density at radius 1 is 1.20 bits per heavy atom. The fourth-order valence-electron chi connectivity index (χ4n) is 1.87. The number of thioether (sulfide) groups is 1. The summed E-state index contributed by atoms with van der Waals surface area (Å²) in [4.78, 5) is 6.16. The second-order valence-corrected chi connectivity index (χ2v) is 7.82. The first-order chi connectivity index (χ1) is 9.49. The van der Waals surface area contributed by atoms with Gasteiger partial charge in [-0.25, -0.2) is 4.98 Å². The third-order valence-electron chi connectivity index (χ3n) is 2.84. The molecule has 2 aromatic rings. The first-order valence-electron chi connectivity index (χ1n) is 6.77. The Morgan fingerprint density at radius 2 is 1.90 bits per heavy atom. The van der Waals surface area contributed by atoms with Crippen LogP contribution in [0.5, 0.6) is 0 Å². The summed E-state index contributed by atoms with van der Waals surface area (Å²) in [7, 11) is 0. The van der Waals surface area contributed by atoms with Crippen molar-refractivity contribution in [3.63, 3.8) is 0 Å². The zero-order valence-electron chi connectivity index (χ0n) is 12.6. The van der Waals surface area contributed by atoms with Crippen molar-refractivity contribution >= 4 is 23.1 Å². The summed E-state index contributed by atoms with van der Waals surface area (Å²) in [5.41, 5.74) is 2.47. The molecule has 0 aliphatic rings. The summed E-state index contributed by atoms with van der Waals surface area (Å²) in [6.07, 6.45) is 2.12. The molecule has 0 saturated heterocycles. The molecule has 0 saturated carbocycles. The predicted octanol–water partition coefficient (Wildman–Crippen LogP) is 4.56. The molecule has 0 fully saturated rings. The van der Waals surface area contributed by atoms with Crippen LogP contribution in [0.1, 0.15) is 30.7 Å². The molecule has 2 nitrogen and oxygen atoms in total. The molecular weight excluding hydrogens is 284 g/mol. The Kier molecular flexibility index (Phi) is 5.24. The fraction of sp³-hybridized carbons (Fsp3) is 0.438. The van der Waals surface area contributed by atoms with Crippen LogP contribution in [0.25, 0.3) is 11.3 Å². The monoisotopic (exact) mass is 306 g/mol. The van der Waals surface area contributed by atoms with E-state index in [4.69, 9.17) is 4.98 Å². The van der Waals surface area contributed by atoms with E-state index in [-0.39, 0.29) is 5.54 Å². The summed E-state index contributed by atoms with van der Waals surface area (Å²) in [5.74, 6) is 0.986. The van der Waals surface area contributed by atoms with E-state index < -0.39 is 0 Å². The first kappa shape index (κ1) is 15.5. The minimum absolute atomic E-state index is 0.123. The minimum Gasteiger partial charge on any atom is -0.307 e. The number of nitrogens with zero attached hydrogens (tertiary/aromatic N) is 1. The topological polar surface area (TPSA) is 24.9 Å². The van der Waals surface area contributed by atoms with E-state index in [0.717, 1.165) is 18.0 Å². The molecule has 1 N–H and O–H groups in total. The molecule has 1 aromatic carbocycles. The van der Waals surface area contributed by atoms with Gasteiger partial charge in [0.2, 0.25) is 0 Å². The van der Waals surface area contributed by atoms with Gasteiger partial charge in [0.05, 0.1) is 5.69 Å². The van der Waals surface area contributed by atoms with Crippen LogP contribution in [0.4, 0.5) is 0 Å². The summed E-state index contributed by atoms with van der Waals surface area (Å²) in [6, 6.07) is 10.5. The zero-order chi connectivity index (χ0) is 14.6. The van der Waals surface area contributed by atoms with Gasteiger partial charge in [-0.15, -0.1) is 11.3 Å². The van der Waals surface area contributed by atoms with Crippen molar-refractivity contribution in [2.45, 2.75) is 38.6 Å². The number of nitrogens with one attached hydrogen (secondary N) is 1. The highest BCUT2D eigenvalue weighted by atomic mass is 32.2. The molecule has 20 heavy (non-hydrogen) atoms. The number of hydrogen-bond donors (Lipinski definition) is 1. The molecule has 0 spiro atoms. The average Bonchev–Trinajstić information content (AvgIpc) is 2.80. The number of rotatable bonds is 5. The van der Waals surface area contributed by atoms with Crippen molar-refractivity contribution < 1.29 is 0 Å². The molecule has 0 bridgehead atoms. The van der Waals surface area contributed by atoms with Crippen LogP contribution in [-0.2, 0) is 12.3 Å². The number of aromatic nitrogens is 1. The molecule has 0 radical (unpaired) electrons. The maximum atomic E-state index is 4.83. The molecular formula is C16H22N2S2. The molecule has 4 heteroatoms. The quantitative estimate of drug-likeness (QED) is 0.876. The van der Waals surface area contributed by atoms with Crippen LogP contribution in [0.3, 0.4) is 0 Å². The van der Waals surface area contributed by atoms with Gasteiger partial charge in [-0.05, 0) is 27.0 Å². The molecule has 0 atom stereocenters. The third-order valence-corrected chi connectivity index (χ3v) is 4.64. The minimum atomic E-state index is 0.123. The van der Waals surface area contributed by atoms with Crippen LogP contribution in [0.2, 0.25) is 0 Å². The molecule has 1 heterocycles. The van der Waals surface area contributed by atoms with E-state index in [0.29, 0.717) is 0 Å². The SMILES string of the molecule is CSCc1nc(-c2ccccc2)c(CNC(C)(C)C)s1. The van der Waals surface area contributed by atoms with E-state index in [1.165, 1.54) is 15.4 Å². The van der Waals surface area contributed by atoms with E-state index in [9.17, 15) is 0 Å². The van der Waals surface area contributed by atoms with Gasteiger partial charge in [0, 0.05) is 28.3 Å². The third kappa shape index (κ3) is 4.33. The first-order valence-corrected chi connectivity index (χ1v) is 8.98. The number of thiazole rings is 1. The van der Waals surface area contributed by atoms with Gasteiger partial charge in [-0.3, -0.25) is 0 Å². The van der Waals surface area contributed by atoms with E-state index in [1.54, 1.807) is 0 Å². The van der Waals surface area contributed by atoms with Crippen molar-refractivity contribution in [1.29, 1.82) is 0 Å². The van der Waals surface area contributed by atoms with Crippen LogP contribution in [0, 0.1) is 0 Å². The normalized spacial score (nSPS) is 11.8. The Hall–Kier alpha value is -0.840. The highest BCUT2D eigenvalue weighted by Gasteiger charge is 2.15. The zero-order valence-corrected chi connectivity index (χ0v) is 14.2. The van der Waals surface area contributed by atoms with Gasteiger partial charge >= 0.3 is 0 Å². The lowest BCUT2D eigenvalue weighted by molar-refractivity contribution is 0.426. The average molecular weight is 307 g/mol. The van der Waals surface area contributed by atoms with Gasteiger partial charge in [0.15, 0.2) is 0 Å². The Bertz CT molecular complexity index is 541. The Morgan fingerprint density at radius 3 is 2.50 bits per heavy atom. The van der Waals surface area contributed by atoms with Crippen molar-refractivity contribution in [2.24, 2.45) is 0 Å². The molecule has 0 aliphatic heterocycles. The second-order valence-electron chi connectivity index (χ2n) is 5.78. The van der Waals surface area contributed by atoms with Crippen LogP contribution >= 0.6 is 23.1 Å². The highest BCUT2D eigenvalue weighted by molar-refractivity contribution is 7.97. The van der Waals surface area contributed by atoms with Crippen molar-refractivity contribution in [3.8, 4) is 11.3 Å². The lowest BCUT2D eigenvalue weighted by atomic mass is 10.1. The Balaban J connectivity index is 2.29. The summed E-state index contributed by atoms with van der Waals surface area (Å²) < 4.78 is 0. The molecule has 2 rings (SSSR count). The van der Waals surface area contributed by atoms with Crippen LogP contribution in [0.15, 0.2) is 30.3 Å². The van der Waals surface area contributed by atoms with Gasteiger partial charge in [-0.2, -0.15) is 11.8 Å². The highest BCUT2D eigenvalue weighted by Crippen LogP contribution is 2.30. The van der Waals surface area contributed by atoms with Gasteiger partial charge < -0.3 is 5.32 Å². The summed E-state index contributed by atoms with van der Waals surface area (Å²) in [5, 5.41) is 4.78. The molecule has 1 aromatic heterocycles. The standard InChI is InChI=1S/C16H22N2S2/c1-16(2,3)17-10-13-15(12-8-6-5-7-9-12)18-14(20-13)11-19-4/h5-9,17H,10-11H2,1-4H3. The lowest BCUT2D eigenvalue weighted by Crippen LogP contribution is -2.34. The predicted molar refractivity (Wildman–Crippen MR) is 91.4 cm³/mol. The van der Waals surface area contributed by atoms with Crippen molar-refractivity contribution in [2.75, 3.05) is 6.26 Å². The van der Waals surface area contributed by atoms with E-state index >= 15 is 0 Å². The van der Waals surface area contributed by atoms with Gasteiger partial charge in [-0.1, -0.05) is 30.3 Å². The maximum Gasteiger partial charge on any atom is 0.103 e. The Labute approximate surface area is 130 Å². The van der Waals surface area contributed by atoms with E-state index in [1.807, 2.05) is 29.2 Å². The largest absolute Gasteiger partial charge is 0.307 e. The molecule has 0 amide bonds. The summed E-state index contributed by atoms with van der Waals surface area (Å²) >= 11 is 3.65. The van der Waals surface area contributed by atoms with E-state index in [2.05, 4.69) is 56.6 Å². The molecule has 0 aliphatic carbocycles. The van der Waals surface area contributed by atoms with Gasteiger partial charge in [0.25, 0.3) is 0 Å². The van der Waals surface area contributed by atoms with Gasteiger partial charge in [0.1, 0.15) is 5.01 Å². The maximum absolute atomic E-state index is 4.83. The van der Waals surface area contributed by atoms with Crippen LogP contribution < -0.4 is 5.32 Å². The number of hydrogen-bond acceptors (Lipinski definition) is 4. The molecule has 108 valence electrons. The second kappa shape index (κ2) is 6.74. The fourth-order valence-corrected chi connectivity index (χ4v) is 3.60. The van der Waals surface area contributed by atoms with Crippen LogP contribution in [-0.4, -0.2) is 16.8 Å². The number of benzene rings is 1. The lowest BCUT2D eigenvalue weighted by Gasteiger charge is -2.20. The molecule has 0 unspecified atom stereocenters.